The van der Waals surface area contributed by atoms with Crippen LogP contribution in [0, 0.1) is 11.7 Å². The van der Waals surface area contributed by atoms with Crippen molar-refractivity contribution in [2.45, 2.75) is 38.3 Å². The highest BCUT2D eigenvalue weighted by molar-refractivity contribution is 5.80. The number of halogens is 1. The maximum Gasteiger partial charge on any atom is 0.226 e. The summed E-state index contributed by atoms with van der Waals surface area (Å²) in [5, 5.41) is 0. The van der Waals surface area contributed by atoms with Crippen LogP contribution in [-0.2, 0) is 11.3 Å². The molecule has 23 heavy (non-hydrogen) atoms. The summed E-state index contributed by atoms with van der Waals surface area (Å²) in [6.45, 7) is 1.50. The monoisotopic (exact) mass is 312 g/mol. The van der Waals surface area contributed by atoms with Gasteiger partial charge in [-0.2, -0.15) is 0 Å². The molecule has 0 bridgehead atoms. The summed E-state index contributed by atoms with van der Waals surface area (Å²) < 4.78 is 15.9. The second kappa shape index (κ2) is 5.84. The van der Waals surface area contributed by atoms with E-state index in [9.17, 15) is 9.18 Å². The fourth-order valence-corrected chi connectivity index (χ4v) is 4.06. The van der Waals surface area contributed by atoms with E-state index in [0.29, 0.717) is 6.54 Å². The first kappa shape index (κ1) is 14.5. The van der Waals surface area contributed by atoms with E-state index >= 15 is 0 Å². The number of aromatic nitrogens is 1. The summed E-state index contributed by atoms with van der Waals surface area (Å²) in [5.41, 5.74) is 1.93. The molecule has 1 saturated carbocycles. The number of amides is 1. The minimum atomic E-state index is -0.251. The topological polar surface area (TPSA) is 25.2 Å². The summed E-state index contributed by atoms with van der Waals surface area (Å²) in [6, 6.07) is 10.5. The molecule has 1 aliphatic carbocycles. The number of hydrogen-bond acceptors (Lipinski definition) is 1. The van der Waals surface area contributed by atoms with Crippen molar-refractivity contribution in [2.24, 2.45) is 5.92 Å². The van der Waals surface area contributed by atoms with Gasteiger partial charge >= 0.3 is 0 Å². The Morgan fingerprint density at radius 1 is 1.09 bits per heavy atom. The van der Waals surface area contributed by atoms with Gasteiger partial charge in [-0.3, -0.25) is 4.79 Å². The van der Waals surface area contributed by atoms with Crippen molar-refractivity contribution in [1.29, 1.82) is 0 Å². The highest BCUT2D eigenvalue weighted by Gasteiger charge is 2.36. The van der Waals surface area contributed by atoms with Crippen LogP contribution in [0.3, 0.4) is 0 Å². The van der Waals surface area contributed by atoms with E-state index in [1.807, 2.05) is 29.3 Å². The van der Waals surface area contributed by atoms with Gasteiger partial charge in [0.1, 0.15) is 5.82 Å². The van der Waals surface area contributed by atoms with Gasteiger partial charge in [0.25, 0.3) is 0 Å². The van der Waals surface area contributed by atoms with Crippen LogP contribution >= 0.6 is 0 Å². The molecule has 1 atom stereocenters. The van der Waals surface area contributed by atoms with Crippen LogP contribution in [0.15, 0.2) is 42.6 Å². The highest BCUT2D eigenvalue weighted by atomic mass is 19.1. The third kappa shape index (κ3) is 2.56. The number of benzene rings is 1. The SMILES string of the molecule is O=C(C1CCCC1)N1CCn2cccc2C1c1cccc(F)c1. The zero-order valence-electron chi connectivity index (χ0n) is 13.1. The van der Waals surface area contributed by atoms with Crippen molar-refractivity contribution < 1.29 is 9.18 Å². The maximum atomic E-state index is 13.7. The van der Waals surface area contributed by atoms with Crippen molar-refractivity contribution in [2.75, 3.05) is 6.54 Å². The van der Waals surface area contributed by atoms with Crippen molar-refractivity contribution in [3.05, 3.63) is 59.7 Å². The van der Waals surface area contributed by atoms with Crippen LogP contribution in [-0.4, -0.2) is 21.9 Å². The maximum absolute atomic E-state index is 13.7. The Labute approximate surface area is 135 Å². The lowest BCUT2D eigenvalue weighted by Crippen LogP contribution is -2.44. The molecule has 120 valence electrons. The van der Waals surface area contributed by atoms with Crippen molar-refractivity contribution >= 4 is 5.91 Å². The van der Waals surface area contributed by atoms with E-state index < -0.39 is 0 Å². The Bertz CT molecular complexity index is 718. The summed E-state index contributed by atoms with van der Waals surface area (Å²) in [5.74, 6) is 0.135. The number of hydrogen-bond donors (Lipinski definition) is 0. The molecule has 0 spiro atoms. The van der Waals surface area contributed by atoms with Gasteiger partial charge in [0.05, 0.1) is 6.04 Å². The molecule has 1 aromatic carbocycles. The molecule has 4 rings (SSSR count). The van der Waals surface area contributed by atoms with Crippen molar-refractivity contribution in [3.8, 4) is 0 Å². The van der Waals surface area contributed by atoms with E-state index in [1.165, 1.54) is 6.07 Å². The van der Waals surface area contributed by atoms with Gasteiger partial charge in [-0.1, -0.05) is 25.0 Å². The predicted octanol–water partition coefficient (Wildman–Crippen LogP) is 3.75. The molecular weight excluding hydrogens is 291 g/mol. The Morgan fingerprint density at radius 3 is 2.70 bits per heavy atom. The fourth-order valence-electron chi connectivity index (χ4n) is 4.06. The number of rotatable bonds is 2. The van der Waals surface area contributed by atoms with Gasteiger partial charge in [0, 0.05) is 30.9 Å². The largest absolute Gasteiger partial charge is 0.348 e. The van der Waals surface area contributed by atoms with Crippen LogP contribution in [0.1, 0.15) is 43.0 Å². The Morgan fingerprint density at radius 2 is 1.91 bits per heavy atom. The van der Waals surface area contributed by atoms with Gasteiger partial charge < -0.3 is 9.47 Å². The first-order valence-corrected chi connectivity index (χ1v) is 8.45. The minimum Gasteiger partial charge on any atom is -0.348 e. The van der Waals surface area contributed by atoms with Crippen LogP contribution < -0.4 is 0 Å². The Hall–Kier alpha value is -2.10. The summed E-state index contributed by atoms with van der Waals surface area (Å²) in [6.07, 6.45) is 6.31. The first-order chi connectivity index (χ1) is 11.2. The molecule has 0 N–H and O–H groups in total. The second-order valence-electron chi connectivity index (χ2n) is 6.60. The molecule has 0 radical (unpaired) electrons. The van der Waals surface area contributed by atoms with Crippen molar-refractivity contribution in [3.63, 3.8) is 0 Å². The molecule has 2 heterocycles. The van der Waals surface area contributed by atoms with Gasteiger partial charge in [0.15, 0.2) is 0 Å². The average molecular weight is 312 g/mol. The molecular formula is C19H21FN2O. The smallest absolute Gasteiger partial charge is 0.226 e. The number of carbonyl (C=O) groups is 1. The minimum absolute atomic E-state index is 0.146. The van der Waals surface area contributed by atoms with Gasteiger partial charge in [-0.05, 0) is 42.7 Å². The number of nitrogens with zero attached hydrogens (tertiary/aromatic N) is 2. The predicted molar refractivity (Wildman–Crippen MR) is 86.3 cm³/mol. The van der Waals surface area contributed by atoms with Crippen LogP contribution in [0.2, 0.25) is 0 Å². The second-order valence-corrected chi connectivity index (χ2v) is 6.60. The molecule has 2 aliphatic rings. The van der Waals surface area contributed by atoms with Gasteiger partial charge in [-0.15, -0.1) is 0 Å². The van der Waals surface area contributed by atoms with Crippen LogP contribution in [0.5, 0.6) is 0 Å². The van der Waals surface area contributed by atoms with Crippen LogP contribution in [0.25, 0.3) is 0 Å². The fraction of sp³-hybridized carbons (Fsp3) is 0.421. The summed E-state index contributed by atoms with van der Waals surface area (Å²) >= 11 is 0. The molecule has 4 heteroatoms. The molecule has 0 saturated heterocycles. The Kier molecular flexibility index (Phi) is 3.68. The molecule has 1 amide bonds. The Balaban J connectivity index is 1.74. The average Bonchev–Trinajstić information content (AvgIpc) is 3.24. The molecule has 1 unspecified atom stereocenters. The summed E-state index contributed by atoms with van der Waals surface area (Å²) in [4.78, 5) is 15.0. The molecule has 1 fully saturated rings. The molecule has 1 aliphatic heterocycles. The van der Waals surface area contributed by atoms with E-state index in [1.54, 1.807) is 12.1 Å². The van der Waals surface area contributed by atoms with E-state index in [-0.39, 0.29) is 23.7 Å². The third-order valence-corrected chi connectivity index (χ3v) is 5.19. The van der Waals surface area contributed by atoms with Gasteiger partial charge in [-0.25, -0.2) is 4.39 Å². The van der Waals surface area contributed by atoms with E-state index in [0.717, 1.165) is 43.5 Å². The quantitative estimate of drug-likeness (QED) is 0.829. The van der Waals surface area contributed by atoms with Gasteiger partial charge in [0.2, 0.25) is 5.91 Å². The lowest BCUT2D eigenvalue weighted by Gasteiger charge is -2.38. The van der Waals surface area contributed by atoms with Crippen LogP contribution in [0.4, 0.5) is 4.39 Å². The lowest BCUT2D eigenvalue weighted by atomic mass is 9.97. The molecule has 2 aromatic rings. The van der Waals surface area contributed by atoms with Crippen molar-refractivity contribution in [1.82, 2.24) is 9.47 Å². The zero-order chi connectivity index (χ0) is 15.8. The normalized spacial score (nSPS) is 21.4. The standard InChI is InChI=1S/C19H21FN2O/c20-16-8-3-7-15(13-16)18-17-9-4-10-21(17)11-12-22(18)19(23)14-5-1-2-6-14/h3-4,7-10,13-14,18H,1-2,5-6,11-12H2. The first-order valence-electron chi connectivity index (χ1n) is 8.45. The van der Waals surface area contributed by atoms with E-state index in [4.69, 9.17) is 0 Å². The molecule has 3 nitrogen and oxygen atoms in total. The zero-order valence-corrected chi connectivity index (χ0v) is 13.1. The molecule has 1 aromatic heterocycles. The summed E-state index contributed by atoms with van der Waals surface area (Å²) in [7, 11) is 0. The lowest BCUT2D eigenvalue weighted by molar-refractivity contribution is -0.138. The number of carbonyl (C=O) groups excluding carboxylic acids is 1. The van der Waals surface area contributed by atoms with E-state index in [2.05, 4.69) is 4.57 Å². The number of fused-ring (bicyclic) bond motifs is 1. The highest BCUT2D eigenvalue weighted by Crippen LogP contribution is 2.36. The third-order valence-electron chi connectivity index (χ3n) is 5.19.